The van der Waals surface area contributed by atoms with Gasteiger partial charge in [-0.3, -0.25) is 4.79 Å². The first-order chi connectivity index (χ1) is 7.07. The van der Waals surface area contributed by atoms with E-state index in [4.69, 9.17) is 0 Å². The zero-order valence-corrected chi connectivity index (χ0v) is 9.55. The lowest BCUT2D eigenvalue weighted by atomic mass is 9.85. The lowest BCUT2D eigenvalue weighted by Gasteiger charge is -2.15. The maximum atomic E-state index is 11.8. The third-order valence-corrected chi connectivity index (χ3v) is 3.15. The van der Waals surface area contributed by atoms with Crippen LogP contribution in [0.3, 0.4) is 0 Å². The smallest absolute Gasteiger partial charge is 0.234 e. The highest BCUT2D eigenvalue weighted by Crippen LogP contribution is 2.39. The van der Waals surface area contributed by atoms with Crippen LogP contribution in [0, 0.1) is 0 Å². The van der Waals surface area contributed by atoms with Crippen LogP contribution in [0.5, 0.6) is 0 Å². The average Bonchev–Trinajstić information content (AvgIpc) is 2.41. The van der Waals surface area contributed by atoms with Crippen LogP contribution >= 0.6 is 0 Å². The highest BCUT2D eigenvalue weighted by atomic mass is 16.2. The van der Waals surface area contributed by atoms with E-state index in [1.54, 1.807) is 0 Å². The van der Waals surface area contributed by atoms with Crippen LogP contribution < -0.4 is 5.32 Å². The van der Waals surface area contributed by atoms with Gasteiger partial charge in [-0.1, -0.05) is 31.5 Å². The molecule has 1 aromatic rings. The average molecular weight is 203 g/mol. The van der Waals surface area contributed by atoms with Gasteiger partial charge >= 0.3 is 0 Å². The molecular formula is C13H17NO. The third-order valence-electron chi connectivity index (χ3n) is 3.15. The maximum absolute atomic E-state index is 11.8. The molecule has 2 heteroatoms. The Morgan fingerprint density at radius 2 is 2.07 bits per heavy atom. The number of fused-ring (bicyclic) bond motifs is 1. The van der Waals surface area contributed by atoms with Crippen molar-refractivity contribution in [2.75, 3.05) is 5.32 Å². The van der Waals surface area contributed by atoms with Crippen molar-refractivity contribution >= 4 is 11.6 Å². The van der Waals surface area contributed by atoms with Gasteiger partial charge in [-0.15, -0.1) is 0 Å². The first-order valence-electron chi connectivity index (χ1n) is 5.51. The van der Waals surface area contributed by atoms with Gasteiger partial charge in [0.05, 0.1) is 5.41 Å². The fourth-order valence-electron chi connectivity index (χ4n) is 2.14. The second-order valence-electron chi connectivity index (χ2n) is 4.67. The van der Waals surface area contributed by atoms with Crippen LogP contribution in [0.15, 0.2) is 18.2 Å². The molecule has 80 valence electrons. The number of benzene rings is 1. The molecule has 2 rings (SSSR count). The molecule has 1 aliphatic rings. The molecule has 1 N–H and O–H groups in total. The van der Waals surface area contributed by atoms with Crippen molar-refractivity contribution in [1.82, 2.24) is 0 Å². The molecule has 0 unspecified atom stereocenters. The fraction of sp³-hybridized carbons (Fsp3) is 0.462. The number of para-hydroxylation sites is 1. The normalized spacial score (nSPS) is 17.4. The summed E-state index contributed by atoms with van der Waals surface area (Å²) < 4.78 is 0. The zero-order valence-electron chi connectivity index (χ0n) is 9.55. The van der Waals surface area contributed by atoms with Crippen molar-refractivity contribution in [3.8, 4) is 0 Å². The quantitative estimate of drug-likeness (QED) is 0.786. The Morgan fingerprint density at radius 1 is 1.33 bits per heavy atom. The van der Waals surface area contributed by atoms with Crippen molar-refractivity contribution in [3.63, 3.8) is 0 Å². The Balaban J connectivity index is 2.53. The molecule has 15 heavy (non-hydrogen) atoms. The molecule has 1 aliphatic heterocycles. The Hall–Kier alpha value is -1.31. The van der Waals surface area contributed by atoms with Gasteiger partial charge in [0, 0.05) is 5.69 Å². The number of rotatable bonds is 2. The predicted molar refractivity (Wildman–Crippen MR) is 62.1 cm³/mol. The topological polar surface area (TPSA) is 29.1 Å². The molecule has 0 spiro atoms. The molecule has 0 saturated carbocycles. The van der Waals surface area contributed by atoms with Crippen LogP contribution in [0.2, 0.25) is 0 Å². The minimum Gasteiger partial charge on any atom is -0.325 e. The number of aryl methyl sites for hydroxylation is 1. The van der Waals surface area contributed by atoms with Crippen LogP contribution in [0.1, 0.15) is 38.3 Å². The van der Waals surface area contributed by atoms with E-state index in [1.165, 1.54) is 5.56 Å². The number of nitrogens with one attached hydrogen (secondary N) is 1. The molecule has 1 heterocycles. The van der Waals surface area contributed by atoms with E-state index in [2.05, 4.69) is 18.3 Å². The predicted octanol–water partition coefficient (Wildman–Crippen LogP) is 2.87. The summed E-state index contributed by atoms with van der Waals surface area (Å²) in [6.07, 6.45) is 2.13. The van der Waals surface area contributed by atoms with E-state index in [0.717, 1.165) is 24.1 Å². The highest BCUT2D eigenvalue weighted by Gasteiger charge is 2.38. The molecule has 1 amide bonds. The van der Waals surface area contributed by atoms with Crippen LogP contribution in [-0.4, -0.2) is 5.91 Å². The van der Waals surface area contributed by atoms with Gasteiger partial charge < -0.3 is 5.32 Å². The fourth-order valence-corrected chi connectivity index (χ4v) is 2.14. The van der Waals surface area contributed by atoms with Crippen LogP contribution in [-0.2, 0) is 16.6 Å². The summed E-state index contributed by atoms with van der Waals surface area (Å²) in [7, 11) is 0. The molecular weight excluding hydrogens is 186 g/mol. The SMILES string of the molecule is CCCc1cccc2c1NC(=O)C2(C)C. The summed E-state index contributed by atoms with van der Waals surface area (Å²) in [4.78, 5) is 11.8. The zero-order chi connectivity index (χ0) is 11.1. The van der Waals surface area contributed by atoms with Crippen molar-refractivity contribution in [2.24, 2.45) is 0 Å². The minimum atomic E-state index is -0.376. The van der Waals surface area contributed by atoms with Gasteiger partial charge in [0.1, 0.15) is 0 Å². The minimum absolute atomic E-state index is 0.112. The van der Waals surface area contributed by atoms with Crippen LogP contribution in [0.4, 0.5) is 5.69 Å². The van der Waals surface area contributed by atoms with Crippen molar-refractivity contribution in [3.05, 3.63) is 29.3 Å². The largest absolute Gasteiger partial charge is 0.325 e. The Morgan fingerprint density at radius 3 is 2.73 bits per heavy atom. The number of hydrogen-bond donors (Lipinski definition) is 1. The monoisotopic (exact) mass is 203 g/mol. The Labute approximate surface area is 90.7 Å². The van der Waals surface area contributed by atoms with E-state index < -0.39 is 0 Å². The van der Waals surface area contributed by atoms with Gasteiger partial charge in [-0.2, -0.15) is 0 Å². The Bertz CT molecular complexity index is 407. The number of anilines is 1. The van der Waals surface area contributed by atoms with Gasteiger partial charge in [0.15, 0.2) is 0 Å². The van der Waals surface area contributed by atoms with Gasteiger partial charge in [-0.05, 0) is 31.4 Å². The van der Waals surface area contributed by atoms with E-state index in [1.807, 2.05) is 26.0 Å². The van der Waals surface area contributed by atoms with Crippen molar-refractivity contribution in [1.29, 1.82) is 0 Å². The molecule has 0 bridgehead atoms. The molecule has 0 aromatic heterocycles. The van der Waals surface area contributed by atoms with Gasteiger partial charge in [-0.25, -0.2) is 0 Å². The van der Waals surface area contributed by atoms with E-state index in [0.29, 0.717) is 0 Å². The molecule has 0 atom stereocenters. The standard InChI is InChI=1S/C13H17NO/c1-4-6-9-7-5-8-10-11(9)14-12(15)13(10,2)3/h5,7-8H,4,6H2,1-3H3,(H,14,15). The summed E-state index contributed by atoms with van der Waals surface area (Å²) in [5, 5.41) is 3.00. The molecule has 0 saturated heterocycles. The van der Waals surface area contributed by atoms with Crippen molar-refractivity contribution < 1.29 is 4.79 Å². The van der Waals surface area contributed by atoms with E-state index in [-0.39, 0.29) is 11.3 Å². The van der Waals surface area contributed by atoms with Gasteiger partial charge in [0.2, 0.25) is 5.91 Å². The summed E-state index contributed by atoms with van der Waals surface area (Å²) in [6.45, 7) is 6.11. The van der Waals surface area contributed by atoms with Gasteiger partial charge in [0.25, 0.3) is 0 Å². The summed E-state index contributed by atoms with van der Waals surface area (Å²) in [6, 6.07) is 6.20. The second kappa shape index (κ2) is 3.37. The van der Waals surface area contributed by atoms with E-state index in [9.17, 15) is 4.79 Å². The third kappa shape index (κ3) is 1.44. The number of hydrogen-bond acceptors (Lipinski definition) is 1. The first-order valence-corrected chi connectivity index (χ1v) is 5.51. The summed E-state index contributed by atoms with van der Waals surface area (Å²) >= 11 is 0. The molecule has 0 fully saturated rings. The molecule has 0 aliphatic carbocycles. The second-order valence-corrected chi connectivity index (χ2v) is 4.67. The first kappa shape index (κ1) is 10.2. The number of carbonyl (C=O) groups excluding carboxylic acids is 1. The summed E-state index contributed by atoms with van der Waals surface area (Å²) in [5.41, 5.74) is 3.07. The molecule has 1 aromatic carbocycles. The van der Waals surface area contributed by atoms with Crippen molar-refractivity contribution in [2.45, 2.75) is 39.0 Å². The lowest BCUT2D eigenvalue weighted by Crippen LogP contribution is -2.26. The maximum Gasteiger partial charge on any atom is 0.234 e. The summed E-state index contributed by atoms with van der Waals surface area (Å²) in [5.74, 6) is 0.112. The highest BCUT2D eigenvalue weighted by molar-refractivity contribution is 6.06. The van der Waals surface area contributed by atoms with Crippen LogP contribution in [0.25, 0.3) is 0 Å². The lowest BCUT2D eigenvalue weighted by molar-refractivity contribution is -0.119. The molecule has 0 radical (unpaired) electrons. The Kier molecular flexibility index (Phi) is 2.29. The van der Waals surface area contributed by atoms with E-state index >= 15 is 0 Å². The number of amides is 1. The molecule has 2 nitrogen and oxygen atoms in total. The number of carbonyl (C=O) groups is 1.